The molecule has 3 aliphatic carbocycles. The van der Waals surface area contributed by atoms with Gasteiger partial charge in [0.25, 0.3) is 0 Å². The third-order valence-electron chi connectivity index (χ3n) is 8.90. The van der Waals surface area contributed by atoms with Crippen LogP contribution in [-0.2, 0) is 16.2 Å². The molecule has 0 amide bonds. The summed E-state index contributed by atoms with van der Waals surface area (Å²) in [6.45, 7) is 1.80. The van der Waals surface area contributed by atoms with Crippen LogP contribution in [0.2, 0.25) is 5.02 Å². The average Bonchev–Trinajstić information content (AvgIpc) is 3.47. The van der Waals surface area contributed by atoms with E-state index in [2.05, 4.69) is 20.2 Å². The molecule has 8 nitrogen and oxygen atoms in total. The van der Waals surface area contributed by atoms with E-state index in [0.717, 1.165) is 80.4 Å². The van der Waals surface area contributed by atoms with Gasteiger partial charge in [-0.2, -0.15) is 4.98 Å². The highest BCUT2D eigenvalue weighted by molar-refractivity contribution is 7.85. The maximum absolute atomic E-state index is 13.1. The molecule has 3 atom stereocenters. The van der Waals surface area contributed by atoms with Gasteiger partial charge in [0.2, 0.25) is 5.95 Å². The zero-order valence-corrected chi connectivity index (χ0v) is 20.6. The van der Waals surface area contributed by atoms with Gasteiger partial charge in [0.1, 0.15) is 16.5 Å². The number of rotatable bonds is 5. The molecule has 4 heterocycles. The highest BCUT2D eigenvalue weighted by Crippen LogP contribution is 2.56. The first-order valence-electron chi connectivity index (χ1n) is 12.4. The monoisotopic (exact) mass is 500 g/mol. The second-order valence-corrected chi connectivity index (χ2v) is 12.8. The molecule has 4 fully saturated rings. The summed E-state index contributed by atoms with van der Waals surface area (Å²) in [6.07, 6.45) is 10.7. The molecule has 0 aromatic carbocycles. The predicted octanol–water partition coefficient (Wildman–Crippen LogP) is 3.03. The fraction of sp³-hybridized carbons (Fsp3) is 0.667. The number of anilines is 2. The van der Waals surface area contributed by atoms with E-state index >= 15 is 0 Å². The van der Waals surface area contributed by atoms with Crippen LogP contribution >= 0.6 is 11.6 Å². The third-order valence-corrected chi connectivity index (χ3v) is 10.7. The molecule has 2 aromatic heterocycles. The van der Waals surface area contributed by atoms with Gasteiger partial charge in [0.15, 0.2) is 0 Å². The van der Waals surface area contributed by atoms with Crippen molar-refractivity contribution in [2.45, 2.75) is 66.7 Å². The first-order valence-corrected chi connectivity index (χ1v) is 14.1. The summed E-state index contributed by atoms with van der Waals surface area (Å²) in [5, 5.41) is 14.2. The number of hydrogen-bond donors (Lipinski definition) is 2. The van der Waals surface area contributed by atoms with Gasteiger partial charge in [-0.15, -0.1) is 0 Å². The Bertz CT molecular complexity index is 1150. The van der Waals surface area contributed by atoms with E-state index in [1.54, 1.807) is 12.4 Å². The minimum absolute atomic E-state index is 0.0330. The molecule has 2 aromatic rings. The smallest absolute Gasteiger partial charge is 0.227 e. The fourth-order valence-electron chi connectivity index (χ4n) is 6.64. The molecular formula is C24H29ClN6O2S. The van der Waals surface area contributed by atoms with Crippen LogP contribution in [0, 0.1) is 11.8 Å². The molecule has 2 N–H and O–H groups in total. The van der Waals surface area contributed by atoms with E-state index < -0.39 is 10.8 Å². The topological polar surface area (TPSA) is 104 Å². The SMILES string of the molecule is O=[S@@]1CC2(CC2)c2nc(N3CC4CCC(C3)C4c3ncc(Cl)cn3)nc(NC3(CO)CCC3)c21. The number of fused-ring (bicyclic) bond motifs is 4. The summed E-state index contributed by atoms with van der Waals surface area (Å²) in [6, 6.07) is 0. The van der Waals surface area contributed by atoms with E-state index in [1.165, 1.54) is 0 Å². The maximum Gasteiger partial charge on any atom is 0.227 e. The molecular weight excluding hydrogens is 472 g/mol. The lowest BCUT2D eigenvalue weighted by Gasteiger charge is -2.42. The van der Waals surface area contributed by atoms with Crippen LogP contribution in [0.25, 0.3) is 0 Å². The van der Waals surface area contributed by atoms with E-state index in [9.17, 15) is 9.32 Å². The summed E-state index contributed by atoms with van der Waals surface area (Å²) >= 11 is 6.02. The molecule has 34 heavy (non-hydrogen) atoms. The van der Waals surface area contributed by atoms with Crippen LogP contribution in [0.3, 0.4) is 0 Å². The van der Waals surface area contributed by atoms with Gasteiger partial charge in [-0.3, -0.25) is 4.21 Å². The zero-order chi connectivity index (χ0) is 23.1. The van der Waals surface area contributed by atoms with Gasteiger partial charge in [0.05, 0.1) is 33.7 Å². The zero-order valence-electron chi connectivity index (χ0n) is 19.0. The van der Waals surface area contributed by atoms with E-state index in [-0.39, 0.29) is 17.6 Å². The summed E-state index contributed by atoms with van der Waals surface area (Å²) in [5.41, 5.74) is 0.608. The molecule has 7 rings (SSSR count). The molecule has 2 unspecified atom stereocenters. The first kappa shape index (κ1) is 21.4. The molecule has 1 saturated heterocycles. The highest BCUT2D eigenvalue weighted by atomic mass is 35.5. The summed E-state index contributed by atoms with van der Waals surface area (Å²) in [4.78, 5) is 22.3. The fourth-order valence-corrected chi connectivity index (χ4v) is 8.60. The Morgan fingerprint density at radius 3 is 2.41 bits per heavy atom. The first-order chi connectivity index (χ1) is 16.5. The Hall–Kier alpha value is -1.84. The van der Waals surface area contributed by atoms with Crippen molar-refractivity contribution in [2.24, 2.45) is 11.8 Å². The molecule has 180 valence electrons. The maximum atomic E-state index is 13.1. The number of piperidine rings is 1. The Labute approximate surface area is 206 Å². The van der Waals surface area contributed by atoms with Crippen LogP contribution in [0.1, 0.15) is 62.4 Å². The Kier molecular flexibility index (Phi) is 4.78. The lowest BCUT2D eigenvalue weighted by atomic mass is 9.77. The van der Waals surface area contributed by atoms with Crippen molar-refractivity contribution >= 4 is 34.2 Å². The summed E-state index contributed by atoms with van der Waals surface area (Å²) in [7, 11) is -1.09. The van der Waals surface area contributed by atoms with Gasteiger partial charge in [-0.25, -0.2) is 15.0 Å². The van der Waals surface area contributed by atoms with E-state index in [1.807, 2.05) is 0 Å². The average molecular weight is 501 g/mol. The summed E-state index contributed by atoms with van der Waals surface area (Å²) in [5.74, 6) is 4.23. The quantitative estimate of drug-likeness (QED) is 0.645. The lowest BCUT2D eigenvalue weighted by molar-refractivity contribution is 0.143. The lowest BCUT2D eigenvalue weighted by Crippen LogP contribution is -2.49. The Balaban J connectivity index is 1.23. The number of halogens is 1. The van der Waals surface area contributed by atoms with Crippen LogP contribution in [0.4, 0.5) is 11.8 Å². The van der Waals surface area contributed by atoms with Crippen molar-refractivity contribution in [3.8, 4) is 0 Å². The minimum atomic E-state index is -1.09. The second kappa shape index (κ2) is 7.58. The van der Waals surface area contributed by atoms with Crippen LogP contribution < -0.4 is 10.2 Å². The standard InChI is InChI=1S/C24H29ClN6O2S/c25-16-8-26-20(27-9-16)17-14-2-3-15(17)11-31(10-14)22-28-19-18(34(33)13-23(19)6-7-23)21(29-22)30-24(12-32)4-1-5-24/h8-9,14-15,17,32H,1-7,10-13H2,(H,28,29,30)/t14?,15?,17?,34-/m1/s1. The normalized spacial score (nSPS) is 31.9. The molecule has 5 aliphatic rings. The molecule has 2 aliphatic heterocycles. The van der Waals surface area contributed by atoms with E-state index in [0.29, 0.717) is 34.3 Å². The van der Waals surface area contributed by atoms with Crippen molar-refractivity contribution in [3.05, 3.63) is 28.9 Å². The van der Waals surface area contributed by atoms with Gasteiger partial charge < -0.3 is 15.3 Å². The number of nitrogens with one attached hydrogen (secondary N) is 1. The van der Waals surface area contributed by atoms with Crippen LogP contribution in [0.5, 0.6) is 0 Å². The number of nitrogens with zero attached hydrogens (tertiary/aromatic N) is 5. The van der Waals surface area contributed by atoms with Gasteiger partial charge in [-0.05, 0) is 56.8 Å². The Morgan fingerprint density at radius 1 is 1.12 bits per heavy atom. The molecule has 3 saturated carbocycles. The molecule has 10 heteroatoms. The van der Waals surface area contributed by atoms with Crippen molar-refractivity contribution in [1.29, 1.82) is 0 Å². The largest absolute Gasteiger partial charge is 0.394 e. The molecule has 0 radical (unpaired) electrons. The van der Waals surface area contributed by atoms with Crippen molar-refractivity contribution in [2.75, 3.05) is 35.7 Å². The number of hydrogen-bond acceptors (Lipinski definition) is 8. The predicted molar refractivity (Wildman–Crippen MR) is 130 cm³/mol. The second-order valence-electron chi connectivity index (χ2n) is 11.0. The number of aliphatic hydroxyl groups excluding tert-OH is 1. The van der Waals surface area contributed by atoms with Crippen molar-refractivity contribution < 1.29 is 9.32 Å². The molecule has 1 spiro atoms. The van der Waals surface area contributed by atoms with Gasteiger partial charge in [-0.1, -0.05) is 11.6 Å². The van der Waals surface area contributed by atoms with Crippen LogP contribution in [0.15, 0.2) is 17.3 Å². The van der Waals surface area contributed by atoms with Crippen molar-refractivity contribution in [3.63, 3.8) is 0 Å². The van der Waals surface area contributed by atoms with Crippen molar-refractivity contribution in [1.82, 2.24) is 19.9 Å². The minimum Gasteiger partial charge on any atom is -0.394 e. The number of aromatic nitrogens is 4. The number of aliphatic hydroxyl groups is 1. The Morgan fingerprint density at radius 2 is 1.82 bits per heavy atom. The van der Waals surface area contributed by atoms with Gasteiger partial charge >= 0.3 is 0 Å². The van der Waals surface area contributed by atoms with E-state index in [4.69, 9.17) is 21.6 Å². The third kappa shape index (κ3) is 3.23. The highest BCUT2D eigenvalue weighted by Gasteiger charge is 2.55. The summed E-state index contributed by atoms with van der Waals surface area (Å²) < 4.78 is 13.1. The van der Waals surface area contributed by atoms with Crippen LogP contribution in [-0.4, -0.2) is 60.2 Å². The molecule has 2 bridgehead atoms. The van der Waals surface area contributed by atoms with Gasteiger partial charge in [0, 0.05) is 42.6 Å².